The van der Waals surface area contributed by atoms with E-state index in [1.54, 1.807) is 12.1 Å². The first-order chi connectivity index (χ1) is 15.7. The molecule has 3 aromatic rings. The predicted octanol–water partition coefficient (Wildman–Crippen LogP) is 3.09. The minimum atomic E-state index is -0.437. The van der Waals surface area contributed by atoms with Gasteiger partial charge in [0.15, 0.2) is 0 Å². The van der Waals surface area contributed by atoms with E-state index < -0.39 is 6.10 Å². The zero-order valence-electron chi connectivity index (χ0n) is 17.9. The molecular weight excluding hydrogens is 400 g/mol. The number of anilines is 3. The molecule has 2 atom stereocenters. The maximum atomic E-state index is 11.0. The third kappa shape index (κ3) is 4.28. The Labute approximate surface area is 188 Å². The van der Waals surface area contributed by atoms with Crippen LogP contribution in [0.15, 0.2) is 60.9 Å². The first kappa shape index (κ1) is 20.4. The summed E-state index contributed by atoms with van der Waals surface area (Å²) in [5, 5.41) is 23.3. The second-order valence-corrected chi connectivity index (χ2v) is 8.44. The van der Waals surface area contributed by atoms with Crippen LogP contribution < -0.4 is 10.2 Å². The van der Waals surface area contributed by atoms with Crippen LogP contribution in [0.5, 0.6) is 0 Å². The van der Waals surface area contributed by atoms with E-state index in [-0.39, 0.29) is 6.04 Å². The Balaban J connectivity index is 1.25. The summed E-state index contributed by atoms with van der Waals surface area (Å²) in [5.41, 5.74) is 4.20. The first-order valence-electron chi connectivity index (χ1n) is 11.0. The molecule has 5 rings (SSSR count). The Bertz CT molecular complexity index is 1140. The lowest BCUT2D eigenvalue weighted by molar-refractivity contribution is 0.0293. The smallest absolute Gasteiger partial charge is 0.135 e. The number of aliphatic hydroxyl groups excluding tert-OH is 1. The highest BCUT2D eigenvalue weighted by Crippen LogP contribution is 2.27. The van der Waals surface area contributed by atoms with E-state index in [0.29, 0.717) is 17.9 Å². The molecule has 32 heavy (non-hydrogen) atoms. The largest absolute Gasteiger partial charge is 0.390 e. The van der Waals surface area contributed by atoms with Crippen LogP contribution in [-0.2, 0) is 13.0 Å². The number of hydrogen-bond acceptors (Lipinski definition) is 7. The normalized spacial score (nSPS) is 20.9. The summed E-state index contributed by atoms with van der Waals surface area (Å²) in [6.45, 7) is 3.27. The van der Waals surface area contributed by atoms with Crippen LogP contribution in [-0.4, -0.2) is 51.8 Å². The van der Waals surface area contributed by atoms with Crippen LogP contribution in [0.25, 0.3) is 0 Å². The highest BCUT2D eigenvalue weighted by Gasteiger charge is 2.34. The minimum absolute atomic E-state index is 0.160. The molecule has 7 heteroatoms. The predicted molar refractivity (Wildman–Crippen MR) is 124 cm³/mol. The summed E-state index contributed by atoms with van der Waals surface area (Å²) in [7, 11) is 0. The van der Waals surface area contributed by atoms with E-state index >= 15 is 0 Å². The molecule has 2 aromatic carbocycles. The number of aromatic nitrogens is 2. The Hall–Kier alpha value is -3.47. The van der Waals surface area contributed by atoms with Gasteiger partial charge >= 0.3 is 0 Å². The average molecular weight is 427 g/mol. The summed E-state index contributed by atoms with van der Waals surface area (Å²) in [6.07, 6.45) is 3.02. The zero-order valence-corrected chi connectivity index (χ0v) is 17.9. The molecule has 3 heterocycles. The standard InChI is InChI=1S/C25H26N6O/c26-14-18-4-3-7-21(12-18)29-24-13-25(28-17-27-24)31-11-9-22(23(32)16-31)30-10-8-19-5-1-2-6-20(19)15-30/h1-7,12-13,17,22-23,32H,8-11,15-16H2,(H,27,28,29)/t22-,23-/m0/s1. The topological polar surface area (TPSA) is 88.3 Å². The molecule has 1 aromatic heterocycles. The van der Waals surface area contributed by atoms with Crippen molar-refractivity contribution in [3.63, 3.8) is 0 Å². The number of nitriles is 1. The summed E-state index contributed by atoms with van der Waals surface area (Å²) < 4.78 is 0. The number of piperidine rings is 1. The summed E-state index contributed by atoms with van der Waals surface area (Å²) >= 11 is 0. The van der Waals surface area contributed by atoms with E-state index in [1.807, 2.05) is 18.2 Å². The Morgan fingerprint density at radius 1 is 1.03 bits per heavy atom. The highest BCUT2D eigenvalue weighted by molar-refractivity contribution is 5.61. The Morgan fingerprint density at radius 2 is 1.91 bits per heavy atom. The average Bonchev–Trinajstić information content (AvgIpc) is 2.84. The van der Waals surface area contributed by atoms with E-state index in [1.165, 1.54) is 17.5 Å². The Morgan fingerprint density at radius 3 is 2.75 bits per heavy atom. The molecule has 0 spiro atoms. The molecular formula is C25H26N6O. The van der Waals surface area contributed by atoms with Crippen LogP contribution in [0.2, 0.25) is 0 Å². The van der Waals surface area contributed by atoms with Crippen molar-refractivity contribution < 1.29 is 5.11 Å². The lowest BCUT2D eigenvalue weighted by Crippen LogP contribution is -2.55. The molecule has 0 unspecified atom stereocenters. The molecule has 2 aliphatic heterocycles. The number of nitrogens with one attached hydrogen (secondary N) is 1. The lowest BCUT2D eigenvalue weighted by atomic mass is 9.94. The molecule has 162 valence electrons. The van der Waals surface area contributed by atoms with Gasteiger partial charge in [-0.15, -0.1) is 0 Å². The molecule has 0 saturated carbocycles. The summed E-state index contributed by atoms with van der Waals surface area (Å²) in [5.74, 6) is 1.45. The van der Waals surface area contributed by atoms with Gasteiger partial charge in [0.05, 0.1) is 17.7 Å². The molecule has 7 nitrogen and oxygen atoms in total. The fraction of sp³-hybridized carbons (Fsp3) is 0.320. The minimum Gasteiger partial charge on any atom is -0.390 e. The molecule has 2 aliphatic rings. The SMILES string of the molecule is N#Cc1cccc(Nc2cc(N3CC[C@H](N4CCc5ccccc5C4)[C@@H](O)C3)ncn2)c1. The maximum absolute atomic E-state index is 11.0. The Kier molecular flexibility index (Phi) is 5.71. The van der Waals surface area contributed by atoms with Gasteiger partial charge in [-0.3, -0.25) is 4.90 Å². The van der Waals surface area contributed by atoms with Gasteiger partial charge in [-0.05, 0) is 42.2 Å². The van der Waals surface area contributed by atoms with Crippen molar-refractivity contribution in [2.75, 3.05) is 29.9 Å². The first-order valence-corrected chi connectivity index (χ1v) is 11.0. The van der Waals surface area contributed by atoms with Gasteiger partial charge in [0, 0.05) is 44.0 Å². The third-order valence-corrected chi connectivity index (χ3v) is 6.42. The number of rotatable bonds is 4. The second-order valence-electron chi connectivity index (χ2n) is 8.44. The number of nitrogens with zero attached hydrogens (tertiary/aromatic N) is 5. The molecule has 0 amide bonds. The lowest BCUT2D eigenvalue weighted by Gasteiger charge is -2.43. The van der Waals surface area contributed by atoms with Crippen LogP contribution in [0.1, 0.15) is 23.1 Å². The van der Waals surface area contributed by atoms with Crippen LogP contribution in [0, 0.1) is 11.3 Å². The quantitative estimate of drug-likeness (QED) is 0.663. The zero-order chi connectivity index (χ0) is 21.9. The number of benzene rings is 2. The monoisotopic (exact) mass is 426 g/mol. The van der Waals surface area contributed by atoms with Crippen molar-refractivity contribution in [2.45, 2.75) is 31.5 Å². The van der Waals surface area contributed by atoms with Gasteiger partial charge in [-0.1, -0.05) is 30.3 Å². The van der Waals surface area contributed by atoms with E-state index in [0.717, 1.165) is 44.0 Å². The number of β-amino-alcohol motifs (C(OH)–C–C–N with tert-alkyl or cyclic N) is 1. The molecule has 0 aliphatic carbocycles. The molecule has 0 radical (unpaired) electrons. The van der Waals surface area contributed by atoms with E-state index in [4.69, 9.17) is 5.26 Å². The maximum Gasteiger partial charge on any atom is 0.135 e. The van der Waals surface area contributed by atoms with Crippen LogP contribution in [0.3, 0.4) is 0 Å². The van der Waals surface area contributed by atoms with Crippen molar-refractivity contribution in [3.8, 4) is 6.07 Å². The highest BCUT2D eigenvalue weighted by atomic mass is 16.3. The number of aliphatic hydroxyl groups is 1. The van der Waals surface area contributed by atoms with Crippen molar-refractivity contribution >= 4 is 17.3 Å². The van der Waals surface area contributed by atoms with Gasteiger partial charge in [-0.25, -0.2) is 9.97 Å². The molecule has 2 N–H and O–H groups in total. The van der Waals surface area contributed by atoms with Gasteiger partial charge in [-0.2, -0.15) is 5.26 Å². The fourth-order valence-corrected chi connectivity index (χ4v) is 4.76. The van der Waals surface area contributed by atoms with Gasteiger partial charge < -0.3 is 15.3 Å². The van der Waals surface area contributed by atoms with Crippen molar-refractivity contribution in [2.24, 2.45) is 0 Å². The second kappa shape index (κ2) is 8.95. The van der Waals surface area contributed by atoms with Gasteiger partial charge in [0.25, 0.3) is 0 Å². The van der Waals surface area contributed by atoms with Crippen LogP contribution in [0.4, 0.5) is 17.3 Å². The third-order valence-electron chi connectivity index (χ3n) is 6.42. The number of fused-ring (bicyclic) bond motifs is 1. The fourth-order valence-electron chi connectivity index (χ4n) is 4.76. The number of hydrogen-bond donors (Lipinski definition) is 2. The van der Waals surface area contributed by atoms with Crippen molar-refractivity contribution in [1.82, 2.24) is 14.9 Å². The van der Waals surface area contributed by atoms with E-state index in [9.17, 15) is 5.11 Å². The molecule has 0 bridgehead atoms. The summed E-state index contributed by atoms with van der Waals surface area (Å²) in [4.78, 5) is 13.3. The molecule has 1 saturated heterocycles. The van der Waals surface area contributed by atoms with Crippen molar-refractivity contribution in [1.29, 1.82) is 5.26 Å². The summed E-state index contributed by atoms with van der Waals surface area (Å²) in [6, 6.07) is 20.1. The van der Waals surface area contributed by atoms with Gasteiger partial charge in [0.1, 0.15) is 18.0 Å². The van der Waals surface area contributed by atoms with Gasteiger partial charge in [0.2, 0.25) is 0 Å². The molecule has 1 fully saturated rings. The van der Waals surface area contributed by atoms with E-state index in [2.05, 4.69) is 55.4 Å². The van der Waals surface area contributed by atoms with Crippen molar-refractivity contribution in [3.05, 3.63) is 77.6 Å². The van der Waals surface area contributed by atoms with Crippen LogP contribution >= 0.6 is 0 Å².